The topological polar surface area (TPSA) is 47.6 Å². The molecule has 1 aliphatic carbocycles. The lowest BCUT2D eigenvalue weighted by Crippen LogP contribution is -2.29. The Kier molecular flexibility index (Phi) is 5.70. The van der Waals surface area contributed by atoms with E-state index in [1.807, 2.05) is 0 Å². The van der Waals surface area contributed by atoms with Gasteiger partial charge in [-0.25, -0.2) is 5.48 Å². The zero-order valence-electron chi connectivity index (χ0n) is 9.39. The molecule has 0 radical (unpaired) electrons. The Morgan fingerprint density at radius 3 is 2.53 bits per heavy atom. The number of rotatable bonds is 6. The first-order chi connectivity index (χ1) is 7.97. The number of hydrogen-bond acceptors (Lipinski definition) is 3. The molecule has 100 valence electrons. The monoisotopic (exact) mass is 255 g/mol. The fourth-order valence-electron chi connectivity index (χ4n) is 1.56. The average Bonchev–Trinajstić information content (AvgIpc) is 2.73. The van der Waals surface area contributed by atoms with Crippen LogP contribution in [0.2, 0.25) is 0 Å². The molecular formula is C10H16F3NO3. The van der Waals surface area contributed by atoms with E-state index in [0.29, 0.717) is 0 Å². The second-order valence-electron chi connectivity index (χ2n) is 3.97. The quantitative estimate of drug-likeness (QED) is 0.583. The van der Waals surface area contributed by atoms with Gasteiger partial charge in [0.15, 0.2) is 0 Å². The molecule has 0 atom stereocenters. The Balaban J connectivity index is 1.97. The van der Waals surface area contributed by atoms with Gasteiger partial charge in [-0.1, -0.05) is 12.8 Å². The minimum atomic E-state index is -4.35. The lowest BCUT2D eigenvalue weighted by Gasteiger charge is -2.11. The van der Waals surface area contributed by atoms with E-state index in [9.17, 15) is 18.0 Å². The van der Waals surface area contributed by atoms with Gasteiger partial charge in [-0.3, -0.25) is 9.63 Å². The maximum atomic E-state index is 11.7. The minimum Gasteiger partial charge on any atom is -0.372 e. The molecule has 0 aliphatic heterocycles. The van der Waals surface area contributed by atoms with Gasteiger partial charge in [-0.2, -0.15) is 13.2 Å². The number of ether oxygens (including phenoxy) is 1. The normalized spacial score (nSPS) is 17.4. The maximum Gasteiger partial charge on any atom is 0.411 e. The second-order valence-corrected chi connectivity index (χ2v) is 3.97. The van der Waals surface area contributed by atoms with Crippen molar-refractivity contribution < 1.29 is 27.5 Å². The molecule has 17 heavy (non-hydrogen) atoms. The van der Waals surface area contributed by atoms with Crippen LogP contribution in [0, 0.1) is 0 Å². The lowest BCUT2D eigenvalue weighted by atomic mass is 10.3. The number of nitrogens with one attached hydrogen (secondary N) is 1. The van der Waals surface area contributed by atoms with Gasteiger partial charge in [0.1, 0.15) is 6.61 Å². The summed E-state index contributed by atoms with van der Waals surface area (Å²) in [6.45, 7) is -1.59. The second kappa shape index (κ2) is 6.80. The van der Waals surface area contributed by atoms with Crippen LogP contribution in [0.4, 0.5) is 13.2 Å². The van der Waals surface area contributed by atoms with Gasteiger partial charge >= 0.3 is 6.18 Å². The summed E-state index contributed by atoms with van der Waals surface area (Å²) < 4.78 is 39.3. The van der Waals surface area contributed by atoms with E-state index in [2.05, 4.69) is 10.2 Å². The maximum absolute atomic E-state index is 11.7. The van der Waals surface area contributed by atoms with Gasteiger partial charge < -0.3 is 4.74 Å². The summed E-state index contributed by atoms with van der Waals surface area (Å²) in [6, 6.07) is 0. The number of halogens is 3. The molecule has 0 aromatic carbocycles. The molecule has 0 heterocycles. The molecule has 7 heteroatoms. The SMILES string of the molecule is O=C(CCOCC(F)(F)F)NOC1CCCC1. The van der Waals surface area contributed by atoms with Crippen LogP contribution >= 0.6 is 0 Å². The van der Waals surface area contributed by atoms with Crippen LogP contribution in [-0.2, 0) is 14.4 Å². The molecule has 1 saturated carbocycles. The highest BCUT2D eigenvalue weighted by Crippen LogP contribution is 2.19. The molecule has 1 rings (SSSR count). The smallest absolute Gasteiger partial charge is 0.372 e. The predicted octanol–water partition coefficient (Wildman–Crippen LogP) is 1.95. The minimum absolute atomic E-state index is 0.0371. The third-order valence-corrected chi connectivity index (χ3v) is 2.38. The van der Waals surface area contributed by atoms with Crippen molar-refractivity contribution in [1.82, 2.24) is 5.48 Å². The molecular weight excluding hydrogens is 239 g/mol. The Morgan fingerprint density at radius 1 is 1.29 bits per heavy atom. The van der Waals surface area contributed by atoms with Gasteiger partial charge in [-0.05, 0) is 12.8 Å². The van der Waals surface area contributed by atoms with Crippen molar-refractivity contribution in [2.75, 3.05) is 13.2 Å². The van der Waals surface area contributed by atoms with Crippen molar-refractivity contribution in [3.05, 3.63) is 0 Å². The molecule has 0 saturated heterocycles. The highest BCUT2D eigenvalue weighted by molar-refractivity contribution is 5.74. The van der Waals surface area contributed by atoms with Crippen LogP contribution in [0.15, 0.2) is 0 Å². The van der Waals surface area contributed by atoms with Crippen molar-refractivity contribution >= 4 is 5.91 Å². The van der Waals surface area contributed by atoms with Crippen molar-refractivity contribution in [2.45, 2.75) is 44.4 Å². The number of carbonyl (C=O) groups is 1. The molecule has 0 aromatic heterocycles. The number of amides is 1. The molecule has 1 fully saturated rings. The molecule has 1 N–H and O–H groups in total. The Labute approximate surface area is 97.4 Å². The summed E-state index contributed by atoms with van der Waals surface area (Å²) >= 11 is 0. The summed E-state index contributed by atoms with van der Waals surface area (Å²) in [6.07, 6.45) is -0.477. The van der Waals surface area contributed by atoms with Crippen LogP contribution < -0.4 is 5.48 Å². The van der Waals surface area contributed by atoms with E-state index in [1.165, 1.54) is 0 Å². The van der Waals surface area contributed by atoms with Crippen molar-refractivity contribution in [2.24, 2.45) is 0 Å². The van der Waals surface area contributed by atoms with Gasteiger partial charge in [0.25, 0.3) is 0 Å². The highest BCUT2D eigenvalue weighted by Gasteiger charge is 2.27. The third kappa shape index (κ3) is 7.17. The molecule has 1 aliphatic rings. The van der Waals surface area contributed by atoms with Crippen molar-refractivity contribution in [1.29, 1.82) is 0 Å². The molecule has 0 bridgehead atoms. The number of hydroxylamine groups is 1. The summed E-state index contributed by atoms with van der Waals surface area (Å²) in [4.78, 5) is 16.2. The highest BCUT2D eigenvalue weighted by atomic mass is 19.4. The van der Waals surface area contributed by atoms with E-state index in [-0.39, 0.29) is 19.1 Å². The fraction of sp³-hybridized carbons (Fsp3) is 0.900. The van der Waals surface area contributed by atoms with E-state index < -0.39 is 18.7 Å². The Morgan fingerprint density at radius 2 is 1.94 bits per heavy atom. The summed E-state index contributed by atoms with van der Waals surface area (Å²) in [5.41, 5.74) is 2.22. The molecule has 0 spiro atoms. The number of alkyl halides is 3. The first-order valence-corrected chi connectivity index (χ1v) is 5.56. The van der Waals surface area contributed by atoms with Crippen LogP contribution in [0.5, 0.6) is 0 Å². The van der Waals surface area contributed by atoms with E-state index in [0.717, 1.165) is 25.7 Å². The van der Waals surface area contributed by atoms with Crippen LogP contribution in [0.1, 0.15) is 32.1 Å². The van der Waals surface area contributed by atoms with Crippen molar-refractivity contribution in [3.63, 3.8) is 0 Å². The number of carbonyl (C=O) groups excluding carboxylic acids is 1. The number of hydrogen-bond donors (Lipinski definition) is 1. The fourth-order valence-corrected chi connectivity index (χ4v) is 1.56. The third-order valence-electron chi connectivity index (χ3n) is 2.38. The van der Waals surface area contributed by atoms with Crippen LogP contribution in [0.3, 0.4) is 0 Å². The van der Waals surface area contributed by atoms with Gasteiger partial charge in [-0.15, -0.1) is 0 Å². The Hall–Kier alpha value is -0.820. The molecule has 1 amide bonds. The first kappa shape index (κ1) is 14.2. The summed E-state index contributed by atoms with van der Waals surface area (Å²) in [7, 11) is 0. The summed E-state index contributed by atoms with van der Waals surface area (Å²) in [5, 5.41) is 0. The lowest BCUT2D eigenvalue weighted by molar-refractivity contribution is -0.175. The van der Waals surface area contributed by atoms with Gasteiger partial charge in [0.05, 0.1) is 19.1 Å². The zero-order valence-corrected chi connectivity index (χ0v) is 9.39. The average molecular weight is 255 g/mol. The van der Waals surface area contributed by atoms with Crippen LogP contribution in [0.25, 0.3) is 0 Å². The van der Waals surface area contributed by atoms with E-state index in [1.54, 1.807) is 0 Å². The van der Waals surface area contributed by atoms with E-state index >= 15 is 0 Å². The van der Waals surface area contributed by atoms with Crippen molar-refractivity contribution in [3.8, 4) is 0 Å². The molecule has 4 nitrogen and oxygen atoms in total. The Bertz CT molecular complexity index is 239. The van der Waals surface area contributed by atoms with Gasteiger partial charge in [0, 0.05) is 0 Å². The van der Waals surface area contributed by atoms with Gasteiger partial charge in [0.2, 0.25) is 5.91 Å². The standard InChI is InChI=1S/C10H16F3NO3/c11-10(12,13)7-16-6-5-9(15)14-17-8-3-1-2-4-8/h8H,1-7H2,(H,14,15). The van der Waals surface area contributed by atoms with Crippen LogP contribution in [-0.4, -0.2) is 31.4 Å². The van der Waals surface area contributed by atoms with E-state index in [4.69, 9.17) is 4.84 Å². The molecule has 0 aromatic rings. The summed E-state index contributed by atoms with van der Waals surface area (Å²) in [5.74, 6) is -0.459. The zero-order chi connectivity index (χ0) is 12.7. The first-order valence-electron chi connectivity index (χ1n) is 5.56. The molecule has 0 unspecified atom stereocenters. The predicted molar refractivity (Wildman–Crippen MR) is 53.0 cm³/mol. The largest absolute Gasteiger partial charge is 0.411 e.